The van der Waals surface area contributed by atoms with Gasteiger partial charge >= 0.3 is 6.09 Å². The number of hydrogen-bond acceptors (Lipinski definition) is 5. The monoisotopic (exact) mass is 351 g/mol. The highest BCUT2D eigenvalue weighted by molar-refractivity contribution is 7.93. The first-order chi connectivity index (χ1) is 11.5. The molecule has 2 aromatic carbocycles. The fraction of sp³-hybridized carbons (Fsp3) is 0.188. The third kappa shape index (κ3) is 3.84. The van der Waals surface area contributed by atoms with Gasteiger partial charge in [-0.15, -0.1) is 0 Å². The quantitative estimate of drug-likeness (QED) is 0.771. The van der Waals surface area contributed by atoms with Crippen LogP contribution in [0.3, 0.4) is 0 Å². The molecule has 0 unspecified atom stereocenters. The number of amides is 1. The predicted octanol–water partition coefficient (Wildman–Crippen LogP) is 2.59. The summed E-state index contributed by atoms with van der Waals surface area (Å²) in [5, 5.41) is 9.41. The Morgan fingerprint density at radius 2 is 1.67 bits per heavy atom. The second-order valence-corrected chi connectivity index (χ2v) is 6.43. The summed E-state index contributed by atoms with van der Waals surface area (Å²) in [5.74, 6) is 0.0664. The number of anilines is 1. The Hall–Kier alpha value is -2.58. The number of carboxylic acid groups (broad SMARTS) is 1. The summed E-state index contributed by atoms with van der Waals surface area (Å²) in [6.45, 7) is 0.414. The summed E-state index contributed by atoms with van der Waals surface area (Å²) in [6.07, 6.45) is -1.60. The molecule has 128 valence electrons. The molecule has 1 N–H and O–H groups in total. The van der Waals surface area contributed by atoms with E-state index in [0.717, 1.165) is 0 Å². The maximum absolute atomic E-state index is 12.9. The van der Waals surface area contributed by atoms with Gasteiger partial charge in [0.1, 0.15) is 17.3 Å². The van der Waals surface area contributed by atoms with Crippen LogP contribution in [0, 0.1) is 0 Å². The van der Waals surface area contributed by atoms with Gasteiger partial charge in [-0.05, 0) is 24.3 Å². The number of methoxy groups -OCH3 is 1. The second-order valence-electron chi connectivity index (χ2n) is 4.68. The Morgan fingerprint density at radius 3 is 2.29 bits per heavy atom. The molecule has 2 aromatic rings. The van der Waals surface area contributed by atoms with Gasteiger partial charge in [0.15, 0.2) is 0 Å². The minimum Gasteiger partial charge on any atom is -0.490 e. The van der Waals surface area contributed by atoms with Crippen molar-refractivity contribution in [2.24, 2.45) is 0 Å². The molecule has 0 saturated carbocycles. The SMILES string of the molecule is COCCOc1ccccc1S(=O)(=O)N(C(=O)O)c1ccccc1. The third-order valence-corrected chi connectivity index (χ3v) is 4.82. The fourth-order valence-electron chi connectivity index (χ4n) is 2.03. The molecule has 0 saturated heterocycles. The number of sulfonamides is 1. The van der Waals surface area contributed by atoms with Gasteiger partial charge in [0.25, 0.3) is 10.0 Å². The molecule has 1 amide bonds. The fourth-order valence-corrected chi connectivity index (χ4v) is 3.46. The minimum atomic E-state index is -4.35. The van der Waals surface area contributed by atoms with E-state index in [4.69, 9.17) is 9.47 Å². The van der Waals surface area contributed by atoms with Crippen LogP contribution in [0.15, 0.2) is 59.5 Å². The smallest absolute Gasteiger partial charge is 0.426 e. The van der Waals surface area contributed by atoms with Crippen LogP contribution in [0.5, 0.6) is 5.75 Å². The van der Waals surface area contributed by atoms with Crippen molar-refractivity contribution in [3.8, 4) is 5.75 Å². The Bertz CT molecular complexity index is 791. The van der Waals surface area contributed by atoms with Gasteiger partial charge in [-0.2, -0.15) is 4.31 Å². The average molecular weight is 351 g/mol. The van der Waals surface area contributed by atoms with E-state index in [2.05, 4.69) is 0 Å². The molecule has 0 aliphatic heterocycles. The molecule has 0 aliphatic carbocycles. The Kier molecular flexibility index (Phi) is 5.78. The number of benzene rings is 2. The summed E-state index contributed by atoms with van der Waals surface area (Å²) >= 11 is 0. The maximum atomic E-state index is 12.9. The molecule has 0 bridgehead atoms. The number of ether oxygens (including phenoxy) is 2. The lowest BCUT2D eigenvalue weighted by Crippen LogP contribution is -2.36. The molecule has 0 spiro atoms. The van der Waals surface area contributed by atoms with E-state index in [1.54, 1.807) is 24.3 Å². The minimum absolute atomic E-state index is 0.0247. The van der Waals surface area contributed by atoms with E-state index in [1.807, 2.05) is 0 Å². The van der Waals surface area contributed by atoms with Crippen molar-refractivity contribution in [2.75, 3.05) is 24.6 Å². The van der Waals surface area contributed by atoms with Crippen LogP contribution in [0.4, 0.5) is 10.5 Å². The Labute approximate surface area is 140 Å². The highest BCUT2D eigenvalue weighted by Crippen LogP contribution is 2.30. The molecule has 0 aromatic heterocycles. The van der Waals surface area contributed by atoms with E-state index >= 15 is 0 Å². The van der Waals surface area contributed by atoms with Crippen LogP contribution >= 0.6 is 0 Å². The van der Waals surface area contributed by atoms with Crippen molar-refractivity contribution in [1.29, 1.82) is 0 Å². The number of hydrogen-bond donors (Lipinski definition) is 1. The molecular formula is C16H17NO6S. The van der Waals surface area contributed by atoms with E-state index in [1.165, 1.54) is 37.4 Å². The number of carbonyl (C=O) groups is 1. The summed E-state index contributed by atoms with van der Waals surface area (Å²) in [7, 11) is -2.86. The molecule has 7 nitrogen and oxygen atoms in total. The van der Waals surface area contributed by atoms with E-state index in [9.17, 15) is 18.3 Å². The van der Waals surface area contributed by atoms with Gasteiger partial charge in [-0.1, -0.05) is 30.3 Å². The molecule has 0 radical (unpaired) electrons. The summed E-state index contributed by atoms with van der Waals surface area (Å²) in [4.78, 5) is 11.3. The molecule has 0 fully saturated rings. The van der Waals surface area contributed by atoms with Crippen molar-refractivity contribution in [2.45, 2.75) is 4.90 Å². The molecule has 0 heterocycles. The van der Waals surface area contributed by atoms with E-state index in [-0.39, 0.29) is 29.5 Å². The van der Waals surface area contributed by atoms with E-state index < -0.39 is 16.1 Å². The zero-order valence-corrected chi connectivity index (χ0v) is 13.8. The van der Waals surface area contributed by atoms with Crippen molar-refractivity contribution >= 4 is 21.8 Å². The molecule has 0 atom stereocenters. The summed E-state index contributed by atoms with van der Waals surface area (Å²) < 4.78 is 36.3. The molecule has 0 aliphatic rings. The highest BCUT2D eigenvalue weighted by Gasteiger charge is 2.33. The number of nitrogens with zero attached hydrogens (tertiary/aromatic N) is 1. The van der Waals surface area contributed by atoms with Crippen molar-refractivity contribution in [3.05, 3.63) is 54.6 Å². The van der Waals surface area contributed by atoms with Gasteiger partial charge in [0, 0.05) is 7.11 Å². The van der Waals surface area contributed by atoms with Crippen LogP contribution in [0.25, 0.3) is 0 Å². The Balaban J connectivity index is 2.47. The zero-order chi connectivity index (χ0) is 17.6. The predicted molar refractivity (Wildman–Crippen MR) is 87.9 cm³/mol. The number of para-hydroxylation sites is 2. The topological polar surface area (TPSA) is 93.1 Å². The van der Waals surface area contributed by atoms with Gasteiger partial charge in [-0.25, -0.2) is 13.2 Å². The average Bonchev–Trinajstić information content (AvgIpc) is 2.56. The standard InChI is InChI=1S/C16H17NO6S/c1-22-11-12-23-14-9-5-6-10-15(14)24(20,21)17(16(18)19)13-7-3-2-4-8-13/h2-10H,11-12H2,1H3,(H,18,19). The Morgan fingerprint density at radius 1 is 1.04 bits per heavy atom. The highest BCUT2D eigenvalue weighted by atomic mass is 32.2. The van der Waals surface area contributed by atoms with Crippen LogP contribution in [0.1, 0.15) is 0 Å². The maximum Gasteiger partial charge on any atom is 0.426 e. The second kappa shape index (κ2) is 7.80. The molecular weight excluding hydrogens is 334 g/mol. The molecule has 2 rings (SSSR count). The molecule has 8 heteroatoms. The lowest BCUT2D eigenvalue weighted by atomic mass is 10.3. The van der Waals surface area contributed by atoms with E-state index in [0.29, 0.717) is 4.31 Å². The van der Waals surface area contributed by atoms with Crippen molar-refractivity contribution in [3.63, 3.8) is 0 Å². The van der Waals surface area contributed by atoms with Gasteiger partial charge in [-0.3, -0.25) is 0 Å². The largest absolute Gasteiger partial charge is 0.490 e. The zero-order valence-electron chi connectivity index (χ0n) is 13.0. The van der Waals surface area contributed by atoms with Crippen LogP contribution < -0.4 is 9.04 Å². The van der Waals surface area contributed by atoms with Crippen LogP contribution in [-0.4, -0.2) is 39.9 Å². The normalized spacial score (nSPS) is 11.0. The first kappa shape index (κ1) is 17.8. The van der Waals surface area contributed by atoms with Gasteiger partial charge in [0.2, 0.25) is 0 Å². The summed E-state index contributed by atoms with van der Waals surface area (Å²) in [5.41, 5.74) is 0.0247. The van der Waals surface area contributed by atoms with Gasteiger partial charge < -0.3 is 14.6 Å². The van der Waals surface area contributed by atoms with Gasteiger partial charge in [0.05, 0.1) is 12.3 Å². The van der Waals surface area contributed by atoms with Crippen LogP contribution in [0.2, 0.25) is 0 Å². The van der Waals surface area contributed by atoms with Crippen LogP contribution in [-0.2, 0) is 14.8 Å². The molecule has 24 heavy (non-hydrogen) atoms. The summed E-state index contributed by atoms with van der Waals surface area (Å²) in [6, 6.07) is 13.5. The van der Waals surface area contributed by atoms with Crippen molar-refractivity contribution < 1.29 is 27.8 Å². The first-order valence-corrected chi connectivity index (χ1v) is 8.46. The number of rotatable bonds is 7. The first-order valence-electron chi connectivity index (χ1n) is 7.02. The third-order valence-electron chi connectivity index (χ3n) is 3.08. The lowest BCUT2D eigenvalue weighted by molar-refractivity contribution is 0.144. The van der Waals surface area contributed by atoms with Crippen molar-refractivity contribution in [1.82, 2.24) is 0 Å². The lowest BCUT2D eigenvalue weighted by Gasteiger charge is -2.21.